The van der Waals surface area contributed by atoms with Crippen LogP contribution in [0.5, 0.6) is 0 Å². The van der Waals surface area contributed by atoms with Crippen molar-refractivity contribution in [3.05, 3.63) is 40.9 Å². The smallest absolute Gasteiger partial charge is 0.289 e. The summed E-state index contributed by atoms with van der Waals surface area (Å²) in [7, 11) is 0. The predicted molar refractivity (Wildman–Crippen MR) is 95.7 cm³/mol. The molecule has 2 aliphatic heterocycles. The van der Waals surface area contributed by atoms with Crippen molar-refractivity contribution in [3.63, 3.8) is 0 Å². The van der Waals surface area contributed by atoms with Gasteiger partial charge < -0.3 is 4.90 Å². The third-order valence-corrected chi connectivity index (χ3v) is 5.50. The van der Waals surface area contributed by atoms with E-state index < -0.39 is 0 Å². The zero-order valence-electron chi connectivity index (χ0n) is 13.8. The Labute approximate surface area is 152 Å². The molecule has 0 bridgehead atoms. The van der Waals surface area contributed by atoms with Gasteiger partial charge in [0.25, 0.3) is 10.8 Å². The standard InChI is InChI=1S/C17H16N4O4S/c22-14(20-7-11(8-20)21-15(23)9-26-17(21)25)5-6-19-10-18-13-4-2-1-3-12(13)16(19)24/h1-4,10-11H,5-9H2. The van der Waals surface area contributed by atoms with Crippen LogP contribution in [0.4, 0.5) is 4.79 Å². The van der Waals surface area contributed by atoms with Gasteiger partial charge in [0.2, 0.25) is 11.8 Å². The summed E-state index contributed by atoms with van der Waals surface area (Å²) in [6, 6.07) is 6.85. The normalized spacial score (nSPS) is 17.8. The van der Waals surface area contributed by atoms with Gasteiger partial charge in [0.1, 0.15) is 0 Å². The topological polar surface area (TPSA) is 92.6 Å². The fourth-order valence-corrected chi connectivity index (χ4v) is 3.95. The minimum Gasteiger partial charge on any atom is -0.338 e. The second-order valence-electron chi connectivity index (χ2n) is 6.28. The van der Waals surface area contributed by atoms with Crippen LogP contribution in [0.25, 0.3) is 10.9 Å². The summed E-state index contributed by atoms with van der Waals surface area (Å²) in [5.74, 6) is -0.111. The molecule has 0 N–H and O–H groups in total. The van der Waals surface area contributed by atoms with Crippen molar-refractivity contribution >= 4 is 39.7 Å². The van der Waals surface area contributed by atoms with Crippen LogP contribution in [0.1, 0.15) is 6.42 Å². The van der Waals surface area contributed by atoms with Crippen LogP contribution in [-0.2, 0) is 16.1 Å². The molecular formula is C17H16N4O4S. The Morgan fingerprint density at radius 2 is 1.96 bits per heavy atom. The van der Waals surface area contributed by atoms with Crippen molar-refractivity contribution < 1.29 is 14.4 Å². The fraction of sp³-hybridized carbons (Fsp3) is 0.353. The van der Waals surface area contributed by atoms with Crippen molar-refractivity contribution in [2.24, 2.45) is 0 Å². The van der Waals surface area contributed by atoms with E-state index >= 15 is 0 Å². The van der Waals surface area contributed by atoms with E-state index in [1.165, 1.54) is 15.8 Å². The maximum absolute atomic E-state index is 12.4. The zero-order chi connectivity index (χ0) is 18.3. The minimum absolute atomic E-state index is 0.104. The molecule has 4 rings (SSSR count). The number of fused-ring (bicyclic) bond motifs is 1. The van der Waals surface area contributed by atoms with Crippen molar-refractivity contribution in [3.8, 4) is 0 Å². The van der Waals surface area contributed by atoms with Gasteiger partial charge >= 0.3 is 0 Å². The summed E-state index contributed by atoms with van der Waals surface area (Å²) in [6.45, 7) is 0.970. The van der Waals surface area contributed by atoms with Crippen LogP contribution < -0.4 is 5.56 Å². The third kappa shape index (κ3) is 2.88. The summed E-state index contributed by atoms with van der Waals surface area (Å²) in [6.07, 6.45) is 1.62. The molecule has 26 heavy (non-hydrogen) atoms. The summed E-state index contributed by atoms with van der Waals surface area (Å²) < 4.78 is 1.43. The molecule has 3 heterocycles. The van der Waals surface area contributed by atoms with Crippen LogP contribution in [0.2, 0.25) is 0 Å². The molecule has 134 valence electrons. The number of nitrogens with zero attached hydrogens (tertiary/aromatic N) is 4. The molecule has 2 fully saturated rings. The van der Waals surface area contributed by atoms with Gasteiger partial charge in [0.15, 0.2) is 0 Å². The number of carbonyl (C=O) groups is 3. The molecule has 0 saturated carbocycles. The first-order valence-electron chi connectivity index (χ1n) is 8.25. The van der Waals surface area contributed by atoms with E-state index in [9.17, 15) is 19.2 Å². The molecule has 0 aliphatic carbocycles. The molecule has 0 radical (unpaired) electrons. The van der Waals surface area contributed by atoms with Gasteiger partial charge in [0.05, 0.1) is 29.0 Å². The van der Waals surface area contributed by atoms with Gasteiger partial charge in [-0.15, -0.1) is 0 Å². The van der Waals surface area contributed by atoms with Crippen molar-refractivity contribution in [2.45, 2.75) is 19.0 Å². The van der Waals surface area contributed by atoms with Gasteiger partial charge in [-0.2, -0.15) is 0 Å². The Morgan fingerprint density at radius 1 is 1.19 bits per heavy atom. The van der Waals surface area contributed by atoms with Crippen LogP contribution in [0.3, 0.4) is 0 Å². The highest BCUT2D eigenvalue weighted by atomic mass is 32.2. The molecule has 8 nitrogen and oxygen atoms in total. The van der Waals surface area contributed by atoms with E-state index in [2.05, 4.69) is 4.98 Å². The molecule has 3 amide bonds. The summed E-state index contributed by atoms with van der Waals surface area (Å²) in [4.78, 5) is 55.2. The lowest BCUT2D eigenvalue weighted by atomic mass is 10.1. The molecular weight excluding hydrogens is 356 g/mol. The number of carbonyl (C=O) groups excluding carboxylic acids is 3. The molecule has 2 saturated heterocycles. The summed E-state index contributed by atoms with van der Waals surface area (Å²) in [5, 5.41) is 0.288. The molecule has 2 aliphatic rings. The predicted octanol–water partition coefficient (Wildman–Crippen LogP) is 0.693. The van der Waals surface area contributed by atoms with Crippen LogP contribution >= 0.6 is 11.8 Å². The molecule has 9 heteroatoms. The first-order chi connectivity index (χ1) is 12.5. The van der Waals surface area contributed by atoms with Crippen LogP contribution in [0.15, 0.2) is 35.4 Å². The van der Waals surface area contributed by atoms with E-state index in [0.29, 0.717) is 24.0 Å². The Balaban J connectivity index is 1.35. The first kappa shape index (κ1) is 16.8. The zero-order valence-corrected chi connectivity index (χ0v) is 14.6. The fourth-order valence-electron chi connectivity index (χ4n) is 3.18. The maximum Gasteiger partial charge on any atom is 0.289 e. The van der Waals surface area contributed by atoms with Gasteiger partial charge in [-0.3, -0.25) is 28.6 Å². The molecule has 0 atom stereocenters. The lowest BCUT2D eigenvalue weighted by Crippen LogP contribution is -2.62. The third-order valence-electron chi connectivity index (χ3n) is 4.66. The Hall–Kier alpha value is -2.68. The number of para-hydroxylation sites is 1. The van der Waals surface area contributed by atoms with Crippen molar-refractivity contribution in [1.82, 2.24) is 19.4 Å². The van der Waals surface area contributed by atoms with E-state index in [0.717, 1.165) is 11.8 Å². The largest absolute Gasteiger partial charge is 0.338 e. The van der Waals surface area contributed by atoms with E-state index in [-0.39, 0.29) is 47.4 Å². The number of likely N-dealkylation sites (tertiary alicyclic amines) is 1. The number of rotatable bonds is 4. The maximum atomic E-state index is 12.4. The SMILES string of the molecule is O=C(CCn1cnc2ccccc2c1=O)N1CC(N2C(=O)CSC2=O)C1. The first-order valence-corrected chi connectivity index (χ1v) is 9.24. The molecule has 2 aromatic rings. The average Bonchev–Trinajstić information content (AvgIpc) is 2.93. The van der Waals surface area contributed by atoms with Crippen molar-refractivity contribution in [1.29, 1.82) is 0 Å². The number of hydrogen-bond acceptors (Lipinski definition) is 6. The number of imide groups is 1. The summed E-state index contributed by atoms with van der Waals surface area (Å²) >= 11 is 1.000. The lowest BCUT2D eigenvalue weighted by molar-refractivity contribution is -0.142. The molecule has 0 unspecified atom stereocenters. The van der Waals surface area contributed by atoms with Gasteiger partial charge in [0, 0.05) is 26.1 Å². The molecule has 1 aromatic heterocycles. The minimum atomic E-state index is -0.235. The number of benzene rings is 1. The second-order valence-corrected chi connectivity index (χ2v) is 7.21. The number of amides is 3. The Bertz CT molecular complexity index is 951. The Morgan fingerprint density at radius 3 is 2.69 bits per heavy atom. The number of thioether (sulfide) groups is 1. The van der Waals surface area contributed by atoms with Gasteiger partial charge in [-0.1, -0.05) is 23.9 Å². The van der Waals surface area contributed by atoms with Gasteiger partial charge in [-0.05, 0) is 12.1 Å². The van der Waals surface area contributed by atoms with Gasteiger partial charge in [-0.25, -0.2) is 4.98 Å². The number of aryl methyl sites for hydroxylation is 1. The average molecular weight is 372 g/mol. The Kier molecular flexibility index (Phi) is 4.23. The summed E-state index contributed by atoms with van der Waals surface area (Å²) in [5.41, 5.74) is 0.457. The highest BCUT2D eigenvalue weighted by Crippen LogP contribution is 2.26. The number of hydrogen-bond donors (Lipinski definition) is 0. The van der Waals surface area contributed by atoms with E-state index in [4.69, 9.17) is 0 Å². The quantitative estimate of drug-likeness (QED) is 0.784. The second kappa shape index (κ2) is 6.56. The highest BCUT2D eigenvalue weighted by Gasteiger charge is 2.43. The number of aromatic nitrogens is 2. The van der Waals surface area contributed by atoms with Crippen LogP contribution in [0, 0.1) is 0 Å². The molecule has 1 aromatic carbocycles. The monoisotopic (exact) mass is 372 g/mol. The van der Waals surface area contributed by atoms with Crippen molar-refractivity contribution in [2.75, 3.05) is 18.8 Å². The van der Waals surface area contributed by atoms with E-state index in [1.54, 1.807) is 23.1 Å². The lowest BCUT2D eigenvalue weighted by Gasteiger charge is -2.42. The molecule has 0 spiro atoms. The van der Waals surface area contributed by atoms with Crippen LogP contribution in [-0.4, -0.2) is 61.3 Å². The highest BCUT2D eigenvalue weighted by molar-refractivity contribution is 8.14. The van der Waals surface area contributed by atoms with E-state index in [1.807, 2.05) is 6.07 Å².